The molecule has 0 saturated carbocycles. The van der Waals surface area contributed by atoms with E-state index < -0.39 is 22.5 Å². The van der Waals surface area contributed by atoms with Crippen LogP contribution in [0, 0.1) is 5.82 Å². The molecule has 1 unspecified atom stereocenters. The largest absolute Gasteiger partial charge is 0.397 e. The fraction of sp³-hybridized carbons (Fsp3) is 0.0714. The molecule has 2 rings (SSSR count). The van der Waals surface area contributed by atoms with E-state index in [2.05, 4.69) is 21.2 Å². The number of halogens is 2. The van der Waals surface area contributed by atoms with E-state index in [1.165, 1.54) is 12.1 Å². The van der Waals surface area contributed by atoms with E-state index in [9.17, 15) is 13.4 Å². The Labute approximate surface area is 132 Å². The second-order valence-corrected chi connectivity index (χ2v) is 6.59. The van der Waals surface area contributed by atoms with Gasteiger partial charge in [0.2, 0.25) is 5.91 Å². The van der Waals surface area contributed by atoms with Crippen molar-refractivity contribution >= 4 is 44.0 Å². The van der Waals surface area contributed by atoms with Crippen LogP contribution >= 0.6 is 15.9 Å². The van der Waals surface area contributed by atoms with Crippen molar-refractivity contribution in [2.24, 2.45) is 0 Å². The molecule has 21 heavy (non-hydrogen) atoms. The lowest BCUT2D eigenvalue weighted by atomic mass is 10.2. The maximum Gasteiger partial charge on any atom is 0.237 e. The lowest BCUT2D eigenvalue weighted by Crippen LogP contribution is -2.20. The molecule has 3 N–H and O–H groups in total. The zero-order chi connectivity index (χ0) is 15.4. The van der Waals surface area contributed by atoms with Gasteiger partial charge >= 0.3 is 0 Å². The third kappa shape index (κ3) is 4.37. The smallest absolute Gasteiger partial charge is 0.237 e. The molecule has 1 amide bonds. The fourth-order valence-corrected chi connectivity index (χ4v) is 2.80. The van der Waals surface area contributed by atoms with Gasteiger partial charge < -0.3 is 11.1 Å². The number of anilines is 2. The first kappa shape index (κ1) is 15.7. The van der Waals surface area contributed by atoms with Crippen molar-refractivity contribution in [3.8, 4) is 0 Å². The van der Waals surface area contributed by atoms with Crippen LogP contribution in [0.4, 0.5) is 15.8 Å². The number of nitrogens with one attached hydrogen (secondary N) is 1. The lowest BCUT2D eigenvalue weighted by Gasteiger charge is -2.08. The summed E-state index contributed by atoms with van der Waals surface area (Å²) in [4.78, 5) is 12.4. The predicted molar refractivity (Wildman–Crippen MR) is 84.9 cm³/mol. The maximum absolute atomic E-state index is 12.9. The molecule has 1 atom stereocenters. The Morgan fingerprint density at radius 3 is 2.52 bits per heavy atom. The summed E-state index contributed by atoms with van der Waals surface area (Å²) in [6, 6.07) is 10.5. The van der Waals surface area contributed by atoms with Crippen molar-refractivity contribution in [3.63, 3.8) is 0 Å². The summed E-state index contributed by atoms with van der Waals surface area (Å²) in [5, 5.41) is 2.52. The van der Waals surface area contributed by atoms with E-state index in [4.69, 9.17) is 5.73 Å². The zero-order valence-electron chi connectivity index (χ0n) is 10.8. The average Bonchev–Trinajstić information content (AvgIpc) is 2.42. The highest BCUT2D eigenvalue weighted by Gasteiger charge is 2.12. The summed E-state index contributed by atoms with van der Waals surface area (Å²) in [7, 11) is -1.45. The van der Waals surface area contributed by atoms with E-state index in [1.54, 1.807) is 24.3 Å². The molecule has 2 aromatic carbocycles. The number of hydrogen-bond donors (Lipinski definition) is 2. The van der Waals surface area contributed by atoms with Gasteiger partial charge in [-0.1, -0.05) is 15.9 Å². The number of carbonyl (C=O) groups excluding carboxylic acids is 1. The van der Waals surface area contributed by atoms with Gasteiger partial charge in [0.15, 0.2) is 0 Å². The monoisotopic (exact) mass is 370 g/mol. The number of amides is 1. The molecular weight excluding hydrogens is 359 g/mol. The average molecular weight is 371 g/mol. The first-order valence-electron chi connectivity index (χ1n) is 5.94. The first-order chi connectivity index (χ1) is 9.95. The summed E-state index contributed by atoms with van der Waals surface area (Å²) < 4.78 is 25.8. The second-order valence-electron chi connectivity index (χ2n) is 4.22. The minimum atomic E-state index is -1.45. The number of nitrogen functional groups attached to an aromatic ring is 1. The third-order valence-electron chi connectivity index (χ3n) is 2.63. The molecule has 0 aromatic heterocycles. The molecule has 0 fully saturated rings. The normalized spacial score (nSPS) is 11.9. The SMILES string of the molecule is Nc1cc(F)ccc1NC(=O)CS(=O)c1ccc(Br)cc1. The van der Waals surface area contributed by atoms with Crippen LogP contribution in [-0.4, -0.2) is 15.9 Å². The number of rotatable bonds is 4. The van der Waals surface area contributed by atoms with Gasteiger partial charge in [0.05, 0.1) is 22.2 Å². The fourth-order valence-electron chi connectivity index (χ4n) is 1.62. The van der Waals surface area contributed by atoms with E-state index >= 15 is 0 Å². The minimum Gasteiger partial charge on any atom is -0.397 e. The summed E-state index contributed by atoms with van der Waals surface area (Å²) in [5.74, 6) is -1.13. The number of benzene rings is 2. The lowest BCUT2D eigenvalue weighted by molar-refractivity contribution is -0.113. The Kier molecular flexibility index (Phi) is 5.08. The van der Waals surface area contributed by atoms with Crippen LogP contribution in [0.2, 0.25) is 0 Å². The van der Waals surface area contributed by atoms with Gasteiger partial charge in [-0.05, 0) is 42.5 Å². The molecule has 0 spiro atoms. The van der Waals surface area contributed by atoms with Crippen LogP contribution in [0.25, 0.3) is 0 Å². The van der Waals surface area contributed by atoms with Crippen LogP contribution in [0.3, 0.4) is 0 Å². The molecule has 0 aliphatic carbocycles. The Bertz CT molecular complexity index is 692. The van der Waals surface area contributed by atoms with Crippen LogP contribution in [-0.2, 0) is 15.6 Å². The second kappa shape index (κ2) is 6.82. The van der Waals surface area contributed by atoms with Crippen molar-refractivity contribution in [1.82, 2.24) is 0 Å². The molecule has 0 bridgehead atoms. The van der Waals surface area contributed by atoms with Crippen LogP contribution in [0.1, 0.15) is 0 Å². The van der Waals surface area contributed by atoms with E-state index in [0.29, 0.717) is 10.6 Å². The summed E-state index contributed by atoms with van der Waals surface area (Å²) in [5.41, 5.74) is 6.02. The van der Waals surface area contributed by atoms with Gasteiger partial charge in [0.1, 0.15) is 11.6 Å². The quantitative estimate of drug-likeness (QED) is 0.812. The molecule has 0 aliphatic rings. The molecule has 0 radical (unpaired) electrons. The van der Waals surface area contributed by atoms with Crippen LogP contribution < -0.4 is 11.1 Å². The molecule has 7 heteroatoms. The molecule has 0 aliphatic heterocycles. The molecule has 0 heterocycles. The Hall–Kier alpha value is -1.73. The Morgan fingerprint density at radius 1 is 1.24 bits per heavy atom. The van der Waals surface area contributed by atoms with Crippen molar-refractivity contribution in [2.45, 2.75) is 4.90 Å². The van der Waals surface area contributed by atoms with Gasteiger partial charge in [0.25, 0.3) is 0 Å². The molecule has 2 aromatic rings. The Morgan fingerprint density at radius 2 is 1.90 bits per heavy atom. The van der Waals surface area contributed by atoms with E-state index in [0.717, 1.165) is 10.5 Å². The topological polar surface area (TPSA) is 72.2 Å². The first-order valence-corrected chi connectivity index (χ1v) is 8.06. The maximum atomic E-state index is 12.9. The van der Waals surface area contributed by atoms with Crippen LogP contribution in [0.15, 0.2) is 51.8 Å². The van der Waals surface area contributed by atoms with Crippen molar-refractivity contribution in [2.75, 3.05) is 16.8 Å². The molecule has 4 nitrogen and oxygen atoms in total. The van der Waals surface area contributed by atoms with Gasteiger partial charge in [-0.3, -0.25) is 9.00 Å². The molecule has 110 valence electrons. The minimum absolute atomic E-state index is 0.123. The van der Waals surface area contributed by atoms with E-state index in [-0.39, 0.29) is 11.4 Å². The number of nitrogens with two attached hydrogens (primary N) is 1. The summed E-state index contributed by atoms with van der Waals surface area (Å²) in [6.45, 7) is 0. The van der Waals surface area contributed by atoms with Gasteiger partial charge in [-0.15, -0.1) is 0 Å². The number of hydrogen-bond acceptors (Lipinski definition) is 3. The highest BCUT2D eigenvalue weighted by atomic mass is 79.9. The Balaban J connectivity index is 2.01. The predicted octanol–water partition coefficient (Wildman–Crippen LogP) is 2.92. The van der Waals surface area contributed by atoms with Gasteiger partial charge in [0, 0.05) is 9.37 Å². The zero-order valence-corrected chi connectivity index (χ0v) is 13.2. The van der Waals surface area contributed by atoms with E-state index in [1.807, 2.05) is 0 Å². The molecule has 0 saturated heterocycles. The molecular formula is C14H12BrFN2O2S. The number of carbonyl (C=O) groups is 1. The summed E-state index contributed by atoms with van der Waals surface area (Å²) >= 11 is 3.28. The summed E-state index contributed by atoms with van der Waals surface area (Å²) in [6.07, 6.45) is 0. The van der Waals surface area contributed by atoms with Gasteiger partial charge in [-0.25, -0.2) is 4.39 Å². The van der Waals surface area contributed by atoms with Crippen LogP contribution in [0.5, 0.6) is 0 Å². The third-order valence-corrected chi connectivity index (χ3v) is 4.48. The van der Waals surface area contributed by atoms with Gasteiger partial charge in [-0.2, -0.15) is 0 Å². The highest BCUT2D eigenvalue weighted by Crippen LogP contribution is 2.19. The van der Waals surface area contributed by atoms with Crippen molar-refractivity contribution < 1.29 is 13.4 Å². The standard InChI is InChI=1S/C14H12BrFN2O2S/c15-9-1-4-11(5-2-9)21(20)8-14(19)18-13-6-3-10(16)7-12(13)17/h1-7H,8,17H2,(H,18,19). The van der Waals surface area contributed by atoms with Crippen molar-refractivity contribution in [1.29, 1.82) is 0 Å². The highest BCUT2D eigenvalue weighted by molar-refractivity contribution is 9.10. The van der Waals surface area contributed by atoms with Crippen molar-refractivity contribution in [3.05, 3.63) is 52.8 Å².